The van der Waals surface area contributed by atoms with Crippen LogP contribution in [0.3, 0.4) is 0 Å². The van der Waals surface area contributed by atoms with E-state index in [-0.39, 0.29) is 0 Å². The standard InChI is InChI=1S/C14H15IN2OS2/c15-12-5-1-2-6-13(12)17-14(19)16-7-9-20-10-11-4-3-8-18-11/h1-6,8H,7,9-10H2,(H2,16,17,19). The van der Waals surface area contributed by atoms with Gasteiger partial charge in [0.15, 0.2) is 5.11 Å². The highest BCUT2D eigenvalue weighted by molar-refractivity contribution is 14.1. The van der Waals surface area contributed by atoms with Crippen molar-refractivity contribution >= 4 is 57.4 Å². The molecule has 6 heteroatoms. The molecule has 0 unspecified atom stereocenters. The molecule has 0 aliphatic carbocycles. The third-order valence-corrected chi connectivity index (χ3v) is 4.65. The summed E-state index contributed by atoms with van der Waals surface area (Å²) in [6.07, 6.45) is 1.70. The summed E-state index contributed by atoms with van der Waals surface area (Å²) in [5.41, 5.74) is 1.04. The van der Waals surface area contributed by atoms with Gasteiger partial charge < -0.3 is 15.1 Å². The number of halogens is 1. The van der Waals surface area contributed by atoms with Gasteiger partial charge in [-0.15, -0.1) is 0 Å². The van der Waals surface area contributed by atoms with E-state index in [0.29, 0.717) is 5.11 Å². The van der Waals surface area contributed by atoms with Crippen LogP contribution >= 0.6 is 46.6 Å². The van der Waals surface area contributed by atoms with Crippen LogP contribution in [-0.4, -0.2) is 17.4 Å². The Morgan fingerprint density at radius 3 is 2.85 bits per heavy atom. The van der Waals surface area contributed by atoms with Crippen LogP contribution in [0.25, 0.3) is 0 Å². The van der Waals surface area contributed by atoms with E-state index < -0.39 is 0 Å². The molecule has 2 N–H and O–H groups in total. The first kappa shape index (κ1) is 15.7. The zero-order valence-electron chi connectivity index (χ0n) is 10.8. The minimum absolute atomic E-state index is 0.660. The highest BCUT2D eigenvalue weighted by Crippen LogP contribution is 2.16. The first-order valence-corrected chi connectivity index (χ1v) is 8.79. The second kappa shape index (κ2) is 8.53. The molecule has 0 radical (unpaired) electrons. The molecule has 1 heterocycles. The SMILES string of the molecule is S=C(NCCSCc1ccco1)Nc1ccccc1I. The fourth-order valence-corrected chi connectivity index (χ4v) is 3.02. The van der Waals surface area contributed by atoms with Crippen molar-refractivity contribution in [2.45, 2.75) is 5.75 Å². The lowest BCUT2D eigenvalue weighted by Gasteiger charge is -2.11. The van der Waals surface area contributed by atoms with Crippen LogP contribution < -0.4 is 10.6 Å². The summed E-state index contributed by atoms with van der Waals surface area (Å²) in [6.45, 7) is 0.834. The van der Waals surface area contributed by atoms with E-state index >= 15 is 0 Å². The molecule has 0 fully saturated rings. The van der Waals surface area contributed by atoms with Gasteiger partial charge >= 0.3 is 0 Å². The Kier molecular flexibility index (Phi) is 6.68. The Morgan fingerprint density at radius 1 is 1.25 bits per heavy atom. The quantitative estimate of drug-likeness (QED) is 0.420. The fraction of sp³-hybridized carbons (Fsp3) is 0.214. The van der Waals surface area contributed by atoms with Gasteiger partial charge in [0.05, 0.1) is 17.7 Å². The second-order valence-corrected chi connectivity index (χ2v) is 6.67. The molecule has 0 amide bonds. The van der Waals surface area contributed by atoms with Crippen LogP contribution in [0.15, 0.2) is 47.1 Å². The maximum Gasteiger partial charge on any atom is 0.170 e. The van der Waals surface area contributed by atoms with Crippen LogP contribution in [0.1, 0.15) is 5.76 Å². The topological polar surface area (TPSA) is 37.2 Å². The summed E-state index contributed by atoms with van der Waals surface area (Å²) >= 11 is 9.38. The van der Waals surface area contributed by atoms with Gasteiger partial charge in [0.1, 0.15) is 5.76 Å². The van der Waals surface area contributed by atoms with Gasteiger partial charge in [0.25, 0.3) is 0 Å². The molecule has 0 aliphatic rings. The van der Waals surface area contributed by atoms with Crippen molar-refractivity contribution in [1.82, 2.24) is 5.32 Å². The molecule has 1 aromatic heterocycles. The van der Waals surface area contributed by atoms with Crippen molar-refractivity contribution in [3.05, 3.63) is 52.0 Å². The summed E-state index contributed by atoms with van der Waals surface area (Å²) < 4.78 is 6.43. The Bertz CT molecular complexity index is 546. The van der Waals surface area contributed by atoms with E-state index in [0.717, 1.165) is 33.1 Å². The van der Waals surface area contributed by atoms with Gasteiger partial charge in [-0.1, -0.05) is 12.1 Å². The second-order valence-electron chi connectivity index (χ2n) is 3.99. The third kappa shape index (κ3) is 5.34. The maximum atomic E-state index is 5.27. The van der Waals surface area contributed by atoms with Crippen molar-refractivity contribution in [1.29, 1.82) is 0 Å². The zero-order chi connectivity index (χ0) is 14.2. The lowest BCUT2D eigenvalue weighted by atomic mass is 10.3. The first-order valence-electron chi connectivity index (χ1n) is 6.15. The molecular formula is C14H15IN2OS2. The molecule has 2 rings (SSSR count). The normalized spacial score (nSPS) is 10.2. The van der Waals surface area contributed by atoms with Gasteiger partial charge in [-0.05, 0) is 59.1 Å². The molecule has 0 saturated heterocycles. The maximum absolute atomic E-state index is 5.27. The molecule has 20 heavy (non-hydrogen) atoms. The monoisotopic (exact) mass is 418 g/mol. The van der Waals surface area contributed by atoms with Gasteiger partial charge in [-0.3, -0.25) is 0 Å². The Balaban J connectivity index is 1.62. The van der Waals surface area contributed by atoms with Crippen LogP contribution in [-0.2, 0) is 5.75 Å². The summed E-state index contributed by atoms with van der Waals surface area (Å²) in [5, 5.41) is 7.06. The summed E-state index contributed by atoms with van der Waals surface area (Å²) in [6, 6.07) is 12.0. The molecule has 0 saturated carbocycles. The first-order chi connectivity index (χ1) is 9.75. The molecule has 0 spiro atoms. The highest BCUT2D eigenvalue weighted by atomic mass is 127. The zero-order valence-corrected chi connectivity index (χ0v) is 14.6. The number of nitrogens with one attached hydrogen (secondary N) is 2. The predicted molar refractivity (Wildman–Crippen MR) is 98.3 cm³/mol. The highest BCUT2D eigenvalue weighted by Gasteiger charge is 2.01. The van der Waals surface area contributed by atoms with E-state index in [9.17, 15) is 0 Å². The third-order valence-electron chi connectivity index (χ3n) is 2.48. The van der Waals surface area contributed by atoms with Crippen molar-refractivity contribution in [3.8, 4) is 0 Å². The Hall–Kier alpha value is -0.730. The Morgan fingerprint density at radius 2 is 2.10 bits per heavy atom. The lowest BCUT2D eigenvalue weighted by molar-refractivity contribution is 0.530. The van der Waals surface area contributed by atoms with Crippen LogP contribution in [0.5, 0.6) is 0 Å². The number of furan rings is 1. The van der Waals surface area contributed by atoms with Crippen LogP contribution in [0.4, 0.5) is 5.69 Å². The Labute approximate surface area is 142 Å². The molecule has 0 atom stereocenters. The summed E-state index contributed by atoms with van der Waals surface area (Å²) in [7, 11) is 0. The van der Waals surface area contributed by atoms with Gasteiger partial charge in [-0.25, -0.2) is 0 Å². The van der Waals surface area contributed by atoms with Crippen molar-refractivity contribution in [2.24, 2.45) is 0 Å². The average Bonchev–Trinajstić information content (AvgIpc) is 2.94. The number of thioether (sulfide) groups is 1. The molecule has 1 aromatic carbocycles. The van der Waals surface area contributed by atoms with E-state index in [1.54, 1.807) is 6.26 Å². The molecule has 2 aromatic rings. The number of hydrogen-bond acceptors (Lipinski definition) is 3. The van der Waals surface area contributed by atoms with Crippen molar-refractivity contribution in [2.75, 3.05) is 17.6 Å². The summed E-state index contributed by atoms with van der Waals surface area (Å²) in [5.74, 6) is 2.88. The van der Waals surface area contributed by atoms with Crippen LogP contribution in [0, 0.1) is 3.57 Å². The molecule has 0 bridgehead atoms. The number of anilines is 1. The van der Waals surface area contributed by atoms with Crippen LogP contribution in [0.2, 0.25) is 0 Å². The number of rotatable bonds is 6. The van der Waals surface area contributed by atoms with E-state index in [2.05, 4.69) is 33.2 Å². The average molecular weight is 418 g/mol. The van der Waals surface area contributed by atoms with E-state index in [1.165, 1.54) is 0 Å². The fourth-order valence-electron chi connectivity index (χ4n) is 1.53. The van der Waals surface area contributed by atoms with E-state index in [4.69, 9.17) is 16.6 Å². The smallest absolute Gasteiger partial charge is 0.170 e. The van der Waals surface area contributed by atoms with Gasteiger partial charge in [0.2, 0.25) is 0 Å². The van der Waals surface area contributed by atoms with Gasteiger partial charge in [-0.2, -0.15) is 11.8 Å². The predicted octanol–water partition coefficient (Wildman–Crippen LogP) is 4.10. The number of para-hydroxylation sites is 1. The van der Waals surface area contributed by atoms with Crippen molar-refractivity contribution in [3.63, 3.8) is 0 Å². The number of benzene rings is 1. The van der Waals surface area contributed by atoms with Crippen molar-refractivity contribution < 1.29 is 4.42 Å². The summed E-state index contributed by atoms with van der Waals surface area (Å²) in [4.78, 5) is 0. The molecule has 106 valence electrons. The lowest BCUT2D eigenvalue weighted by Crippen LogP contribution is -2.30. The molecular weight excluding hydrogens is 403 g/mol. The number of thiocarbonyl (C=S) groups is 1. The van der Waals surface area contributed by atoms with E-state index in [1.807, 2.05) is 48.2 Å². The minimum Gasteiger partial charge on any atom is -0.468 e. The minimum atomic E-state index is 0.660. The number of hydrogen-bond donors (Lipinski definition) is 2. The largest absolute Gasteiger partial charge is 0.468 e. The molecule has 3 nitrogen and oxygen atoms in total. The molecule has 0 aliphatic heterocycles. The van der Waals surface area contributed by atoms with Gasteiger partial charge in [0, 0.05) is 15.9 Å².